The molecule has 1 aromatic heterocycles. The summed E-state index contributed by atoms with van der Waals surface area (Å²) < 4.78 is 27.8. The van der Waals surface area contributed by atoms with Crippen molar-refractivity contribution < 1.29 is 17.6 Å². The second-order valence-electron chi connectivity index (χ2n) is 5.96. The van der Waals surface area contributed by atoms with Crippen LogP contribution in [0.1, 0.15) is 34.6 Å². The number of hydrogen-bond acceptors (Lipinski definition) is 4. The van der Waals surface area contributed by atoms with Gasteiger partial charge in [-0.05, 0) is 30.9 Å². The summed E-state index contributed by atoms with van der Waals surface area (Å²) in [4.78, 5) is 12.6. The molecule has 0 fully saturated rings. The molecular formula is C18H17ClN2O4S. The van der Waals surface area contributed by atoms with E-state index in [1.807, 2.05) is 37.3 Å². The molecule has 136 valence electrons. The number of furan rings is 1. The zero-order valence-electron chi connectivity index (χ0n) is 14.1. The number of nitrogens with two attached hydrogens (primary N) is 1. The van der Waals surface area contributed by atoms with Crippen molar-refractivity contribution >= 4 is 38.3 Å². The summed E-state index contributed by atoms with van der Waals surface area (Å²) in [6.45, 7) is 3.34. The van der Waals surface area contributed by atoms with Gasteiger partial charge in [-0.1, -0.05) is 41.9 Å². The van der Waals surface area contributed by atoms with Gasteiger partial charge in [0.2, 0.25) is 5.09 Å². The Hall–Kier alpha value is -2.35. The molecule has 0 bridgehead atoms. The van der Waals surface area contributed by atoms with E-state index in [2.05, 4.69) is 5.32 Å². The summed E-state index contributed by atoms with van der Waals surface area (Å²) in [5.41, 5.74) is 1.02. The van der Waals surface area contributed by atoms with E-state index in [-0.39, 0.29) is 17.4 Å². The van der Waals surface area contributed by atoms with E-state index in [0.717, 1.165) is 22.4 Å². The standard InChI is InChI=1S/C18H17ClN2O4S/c1-10(12-7-8-16(19)14-6-4-3-5-13(12)14)21-18(22)15-9-17(25-11(15)2)26(20,23)24/h3-10H,1-2H3,(H,21,22)(H2,20,23,24). The molecule has 1 amide bonds. The molecule has 2 aromatic carbocycles. The SMILES string of the molecule is Cc1oc(S(N)(=O)=O)cc1C(=O)NC(C)c1ccc(Cl)c2ccccc12. The molecule has 1 unspecified atom stereocenters. The molecule has 1 heterocycles. The Morgan fingerprint density at radius 2 is 1.85 bits per heavy atom. The molecule has 3 N–H and O–H groups in total. The lowest BCUT2D eigenvalue weighted by Gasteiger charge is -2.17. The molecule has 1 atom stereocenters. The third kappa shape index (κ3) is 3.46. The second-order valence-corrected chi connectivity index (χ2v) is 7.86. The maximum absolute atomic E-state index is 12.6. The van der Waals surface area contributed by atoms with Gasteiger partial charge in [0, 0.05) is 16.5 Å². The zero-order chi connectivity index (χ0) is 19.1. The smallest absolute Gasteiger partial charge is 0.271 e. The fourth-order valence-electron chi connectivity index (χ4n) is 2.84. The first-order valence-electron chi connectivity index (χ1n) is 7.79. The van der Waals surface area contributed by atoms with Crippen LogP contribution in [-0.4, -0.2) is 14.3 Å². The lowest BCUT2D eigenvalue weighted by atomic mass is 9.99. The van der Waals surface area contributed by atoms with Crippen molar-refractivity contribution in [3.63, 3.8) is 0 Å². The van der Waals surface area contributed by atoms with Crippen LogP contribution in [0.25, 0.3) is 10.8 Å². The number of nitrogens with one attached hydrogen (secondary N) is 1. The van der Waals surface area contributed by atoms with Gasteiger partial charge in [-0.3, -0.25) is 4.79 Å². The van der Waals surface area contributed by atoms with Crippen LogP contribution in [0.3, 0.4) is 0 Å². The van der Waals surface area contributed by atoms with Gasteiger partial charge in [0.05, 0.1) is 11.6 Å². The first-order chi connectivity index (χ1) is 12.2. The summed E-state index contributed by atoms with van der Waals surface area (Å²) in [5.74, 6) is -0.271. The Bertz CT molecular complexity index is 1110. The van der Waals surface area contributed by atoms with Crippen molar-refractivity contribution in [2.45, 2.75) is 25.0 Å². The van der Waals surface area contributed by atoms with E-state index in [4.69, 9.17) is 21.2 Å². The molecular weight excluding hydrogens is 376 g/mol. The molecule has 8 heteroatoms. The molecule has 0 saturated heterocycles. The minimum absolute atomic E-state index is 0.124. The van der Waals surface area contributed by atoms with Crippen molar-refractivity contribution in [2.75, 3.05) is 0 Å². The molecule has 6 nitrogen and oxygen atoms in total. The van der Waals surface area contributed by atoms with Crippen molar-refractivity contribution in [1.82, 2.24) is 5.32 Å². The summed E-state index contributed by atoms with van der Waals surface area (Å²) in [5, 5.41) is 9.91. The van der Waals surface area contributed by atoms with Crippen LogP contribution in [0.4, 0.5) is 0 Å². The number of fused-ring (bicyclic) bond motifs is 1. The monoisotopic (exact) mass is 392 g/mol. The minimum Gasteiger partial charge on any atom is -0.448 e. The number of rotatable bonds is 4. The Morgan fingerprint density at radius 3 is 2.46 bits per heavy atom. The van der Waals surface area contributed by atoms with Crippen molar-refractivity contribution in [3.8, 4) is 0 Å². The first-order valence-corrected chi connectivity index (χ1v) is 9.72. The van der Waals surface area contributed by atoms with Gasteiger partial charge in [-0.2, -0.15) is 0 Å². The van der Waals surface area contributed by atoms with Gasteiger partial charge < -0.3 is 9.73 Å². The molecule has 0 radical (unpaired) electrons. The fraction of sp³-hybridized carbons (Fsp3) is 0.167. The van der Waals surface area contributed by atoms with Gasteiger partial charge >= 0.3 is 0 Å². The van der Waals surface area contributed by atoms with Crippen LogP contribution in [0.5, 0.6) is 0 Å². The van der Waals surface area contributed by atoms with E-state index in [9.17, 15) is 13.2 Å². The highest BCUT2D eigenvalue weighted by molar-refractivity contribution is 7.89. The number of carbonyl (C=O) groups is 1. The van der Waals surface area contributed by atoms with Gasteiger partial charge in [0.1, 0.15) is 5.76 Å². The molecule has 0 aliphatic carbocycles. The van der Waals surface area contributed by atoms with Crippen molar-refractivity contribution in [2.24, 2.45) is 5.14 Å². The highest BCUT2D eigenvalue weighted by Crippen LogP contribution is 2.30. The maximum atomic E-state index is 12.6. The number of primary sulfonamides is 1. The number of halogens is 1. The summed E-state index contributed by atoms with van der Waals surface area (Å²) >= 11 is 6.23. The van der Waals surface area contributed by atoms with Gasteiger partial charge in [-0.15, -0.1) is 0 Å². The van der Waals surface area contributed by atoms with Crippen LogP contribution in [-0.2, 0) is 10.0 Å². The van der Waals surface area contributed by atoms with Crippen LogP contribution in [0.2, 0.25) is 5.02 Å². The Balaban J connectivity index is 1.92. The quantitative estimate of drug-likeness (QED) is 0.708. The van der Waals surface area contributed by atoms with Crippen LogP contribution in [0, 0.1) is 6.92 Å². The highest BCUT2D eigenvalue weighted by Gasteiger charge is 2.22. The molecule has 3 aromatic rings. The number of sulfonamides is 1. The largest absolute Gasteiger partial charge is 0.448 e. The van der Waals surface area contributed by atoms with Gasteiger partial charge in [-0.25, -0.2) is 13.6 Å². The lowest BCUT2D eigenvalue weighted by Crippen LogP contribution is -2.27. The second kappa shape index (κ2) is 6.75. The van der Waals surface area contributed by atoms with Crippen LogP contribution < -0.4 is 10.5 Å². The highest BCUT2D eigenvalue weighted by atomic mass is 35.5. The molecule has 0 spiro atoms. The lowest BCUT2D eigenvalue weighted by molar-refractivity contribution is 0.0938. The predicted octanol–water partition coefficient (Wildman–Crippen LogP) is 3.53. The Labute approximate surface area is 156 Å². The third-order valence-corrected chi connectivity index (χ3v) is 5.23. The maximum Gasteiger partial charge on any atom is 0.271 e. The van der Waals surface area contributed by atoms with E-state index >= 15 is 0 Å². The predicted molar refractivity (Wildman–Crippen MR) is 99.7 cm³/mol. The molecule has 0 saturated carbocycles. The first kappa shape index (κ1) is 18.4. The van der Waals surface area contributed by atoms with Crippen LogP contribution >= 0.6 is 11.6 Å². The van der Waals surface area contributed by atoms with E-state index in [1.165, 1.54) is 6.92 Å². The molecule has 0 aliphatic rings. The van der Waals surface area contributed by atoms with Gasteiger partial charge in [0.15, 0.2) is 0 Å². The average Bonchev–Trinajstić information content (AvgIpc) is 2.97. The van der Waals surface area contributed by atoms with E-state index in [0.29, 0.717) is 5.02 Å². The Morgan fingerprint density at radius 1 is 1.19 bits per heavy atom. The number of carbonyl (C=O) groups excluding carboxylic acids is 1. The number of amides is 1. The number of benzene rings is 2. The minimum atomic E-state index is -4.01. The molecule has 3 rings (SSSR count). The normalized spacial score (nSPS) is 12.9. The summed E-state index contributed by atoms with van der Waals surface area (Å²) in [6, 6.07) is 12.1. The average molecular weight is 393 g/mol. The van der Waals surface area contributed by atoms with E-state index < -0.39 is 21.0 Å². The molecule has 0 aliphatic heterocycles. The molecule has 26 heavy (non-hydrogen) atoms. The Kier molecular flexibility index (Phi) is 4.79. The van der Waals surface area contributed by atoms with Crippen LogP contribution in [0.15, 0.2) is 52.0 Å². The summed E-state index contributed by atoms with van der Waals surface area (Å²) in [7, 11) is -4.01. The van der Waals surface area contributed by atoms with Gasteiger partial charge in [0.25, 0.3) is 15.9 Å². The number of hydrogen-bond donors (Lipinski definition) is 2. The fourth-order valence-corrected chi connectivity index (χ4v) is 3.59. The van der Waals surface area contributed by atoms with E-state index in [1.54, 1.807) is 6.07 Å². The van der Waals surface area contributed by atoms with Crippen molar-refractivity contribution in [1.29, 1.82) is 0 Å². The van der Waals surface area contributed by atoms with Crippen molar-refractivity contribution in [3.05, 3.63) is 64.4 Å². The zero-order valence-corrected chi connectivity index (χ0v) is 15.7. The summed E-state index contributed by atoms with van der Waals surface area (Å²) in [6.07, 6.45) is 0. The third-order valence-electron chi connectivity index (χ3n) is 4.14. The topological polar surface area (TPSA) is 102 Å². The number of aryl methyl sites for hydroxylation is 1.